The predicted molar refractivity (Wildman–Crippen MR) is 83.4 cm³/mol. The number of hydrogen-bond donors (Lipinski definition) is 3. The molecule has 1 aliphatic carbocycles. The average Bonchev–Trinajstić information content (AvgIpc) is 2.83. The van der Waals surface area contributed by atoms with Crippen LogP contribution in [0.15, 0.2) is 48.5 Å². The number of aliphatic hydroxyl groups is 2. The molecule has 0 aliphatic heterocycles. The van der Waals surface area contributed by atoms with Crippen LogP contribution in [0.4, 0.5) is 0 Å². The van der Waals surface area contributed by atoms with E-state index in [0.717, 1.165) is 11.1 Å². The molecule has 2 aromatic rings. The van der Waals surface area contributed by atoms with Crippen molar-refractivity contribution >= 4 is 17.5 Å². The van der Waals surface area contributed by atoms with Gasteiger partial charge in [-0.25, -0.2) is 0 Å². The Morgan fingerprint density at radius 3 is 2.64 bits per heavy atom. The summed E-state index contributed by atoms with van der Waals surface area (Å²) in [4.78, 5) is 12.3. The fourth-order valence-electron chi connectivity index (χ4n) is 2.82. The predicted octanol–water partition coefficient (Wildman–Crippen LogP) is 2.15. The number of benzene rings is 2. The lowest BCUT2D eigenvalue weighted by Crippen LogP contribution is -2.37. The third-order valence-electron chi connectivity index (χ3n) is 3.95. The van der Waals surface area contributed by atoms with Crippen molar-refractivity contribution in [1.82, 2.24) is 5.32 Å². The van der Waals surface area contributed by atoms with Gasteiger partial charge in [-0.2, -0.15) is 0 Å². The van der Waals surface area contributed by atoms with Gasteiger partial charge in [-0.1, -0.05) is 54.1 Å². The van der Waals surface area contributed by atoms with Crippen molar-refractivity contribution in [3.63, 3.8) is 0 Å². The minimum absolute atomic E-state index is 0.331. The van der Waals surface area contributed by atoms with Crippen LogP contribution in [0.5, 0.6) is 0 Å². The highest BCUT2D eigenvalue weighted by atomic mass is 35.5. The molecule has 0 saturated heterocycles. The molecule has 3 N–H and O–H groups in total. The molecule has 22 heavy (non-hydrogen) atoms. The van der Waals surface area contributed by atoms with E-state index in [2.05, 4.69) is 5.32 Å². The Morgan fingerprint density at radius 1 is 1.18 bits per heavy atom. The normalized spacial score (nSPS) is 21.2. The van der Waals surface area contributed by atoms with E-state index >= 15 is 0 Å². The first-order chi connectivity index (χ1) is 10.6. The van der Waals surface area contributed by atoms with Crippen LogP contribution in [0.2, 0.25) is 5.02 Å². The van der Waals surface area contributed by atoms with Gasteiger partial charge in [-0.15, -0.1) is 0 Å². The SMILES string of the molecule is O=C(NC1c2ccccc2CC1O)[C@H](O)c1ccccc1Cl. The third kappa shape index (κ3) is 2.73. The number of aliphatic hydroxyl groups excluding tert-OH is 2. The number of hydrogen-bond acceptors (Lipinski definition) is 3. The monoisotopic (exact) mass is 317 g/mol. The summed E-state index contributed by atoms with van der Waals surface area (Å²) in [7, 11) is 0. The highest BCUT2D eigenvalue weighted by molar-refractivity contribution is 6.31. The summed E-state index contributed by atoms with van der Waals surface area (Å²) in [5.74, 6) is -0.575. The number of carbonyl (C=O) groups is 1. The molecular formula is C17H16ClNO3. The van der Waals surface area contributed by atoms with Gasteiger partial charge in [0, 0.05) is 17.0 Å². The Labute approximate surface area is 133 Å². The van der Waals surface area contributed by atoms with E-state index in [-0.39, 0.29) is 0 Å². The van der Waals surface area contributed by atoms with E-state index in [4.69, 9.17) is 11.6 Å². The fraction of sp³-hybridized carbons (Fsp3) is 0.235. The summed E-state index contributed by atoms with van der Waals surface area (Å²) in [5, 5.41) is 23.4. The molecule has 3 atom stereocenters. The Hall–Kier alpha value is -1.88. The van der Waals surface area contributed by atoms with Crippen LogP contribution in [0.3, 0.4) is 0 Å². The molecule has 1 aliphatic rings. The number of nitrogens with one attached hydrogen (secondary N) is 1. The zero-order chi connectivity index (χ0) is 15.7. The van der Waals surface area contributed by atoms with Crippen LogP contribution in [0.25, 0.3) is 0 Å². The summed E-state index contributed by atoms with van der Waals surface area (Å²) in [6.45, 7) is 0. The molecule has 5 heteroatoms. The quantitative estimate of drug-likeness (QED) is 0.812. The number of rotatable bonds is 3. The Morgan fingerprint density at radius 2 is 1.86 bits per heavy atom. The van der Waals surface area contributed by atoms with Gasteiger partial charge >= 0.3 is 0 Å². The highest BCUT2D eigenvalue weighted by Gasteiger charge is 2.33. The molecule has 4 nitrogen and oxygen atoms in total. The third-order valence-corrected chi connectivity index (χ3v) is 4.29. The van der Waals surface area contributed by atoms with Crippen LogP contribution in [-0.2, 0) is 11.2 Å². The summed E-state index contributed by atoms with van der Waals surface area (Å²) in [5.41, 5.74) is 2.24. The maximum atomic E-state index is 12.3. The minimum atomic E-state index is -1.37. The van der Waals surface area contributed by atoms with Crippen LogP contribution in [-0.4, -0.2) is 22.2 Å². The highest BCUT2D eigenvalue weighted by Crippen LogP contribution is 2.32. The molecule has 1 amide bonds. The zero-order valence-corrected chi connectivity index (χ0v) is 12.5. The maximum Gasteiger partial charge on any atom is 0.254 e. The smallest absolute Gasteiger partial charge is 0.254 e. The number of amides is 1. The van der Waals surface area contributed by atoms with Gasteiger partial charge in [-0.3, -0.25) is 4.79 Å². The van der Waals surface area contributed by atoms with Crippen LogP contribution in [0, 0.1) is 0 Å². The van der Waals surface area contributed by atoms with E-state index in [1.165, 1.54) is 0 Å². The average molecular weight is 318 g/mol. The lowest BCUT2D eigenvalue weighted by molar-refractivity contribution is -0.131. The first kappa shape index (κ1) is 15.0. The molecule has 0 spiro atoms. The summed E-state index contributed by atoms with van der Waals surface area (Å²) < 4.78 is 0. The lowest BCUT2D eigenvalue weighted by atomic mass is 10.1. The van der Waals surface area contributed by atoms with Gasteiger partial charge in [0.1, 0.15) is 0 Å². The minimum Gasteiger partial charge on any atom is -0.390 e. The maximum absolute atomic E-state index is 12.3. The largest absolute Gasteiger partial charge is 0.390 e. The van der Waals surface area contributed by atoms with Crippen molar-refractivity contribution in [2.75, 3.05) is 0 Å². The van der Waals surface area contributed by atoms with Gasteiger partial charge in [0.25, 0.3) is 5.91 Å². The second kappa shape index (κ2) is 6.08. The van der Waals surface area contributed by atoms with E-state index < -0.39 is 24.2 Å². The molecule has 2 aromatic carbocycles. The summed E-state index contributed by atoms with van der Waals surface area (Å²) in [6.07, 6.45) is -1.57. The van der Waals surface area contributed by atoms with Gasteiger partial charge in [0.05, 0.1) is 12.1 Å². The second-order valence-electron chi connectivity index (χ2n) is 5.38. The van der Waals surface area contributed by atoms with Crippen molar-refractivity contribution in [2.45, 2.75) is 24.7 Å². The molecule has 3 rings (SSSR count). The van der Waals surface area contributed by atoms with Crippen LogP contribution >= 0.6 is 11.6 Å². The molecule has 2 unspecified atom stereocenters. The fourth-order valence-corrected chi connectivity index (χ4v) is 3.06. The van der Waals surface area contributed by atoms with E-state index in [9.17, 15) is 15.0 Å². The van der Waals surface area contributed by atoms with Crippen molar-refractivity contribution in [3.8, 4) is 0 Å². The van der Waals surface area contributed by atoms with Crippen molar-refractivity contribution < 1.29 is 15.0 Å². The zero-order valence-electron chi connectivity index (χ0n) is 11.7. The molecule has 114 valence electrons. The number of halogens is 1. The van der Waals surface area contributed by atoms with E-state index in [1.54, 1.807) is 24.3 Å². The van der Waals surface area contributed by atoms with E-state index in [1.807, 2.05) is 24.3 Å². The van der Waals surface area contributed by atoms with Gasteiger partial charge in [0.15, 0.2) is 6.10 Å². The van der Waals surface area contributed by atoms with Gasteiger partial charge in [0.2, 0.25) is 0 Å². The molecule has 0 saturated carbocycles. The second-order valence-corrected chi connectivity index (χ2v) is 5.79. The lowest BCUT2D eigenvalue weighted by Gasteiger charge is -2.20. The molecule has 0 radical (unpaired) electrons. The van der Waals surface area contributed by atoms with Gasteiger partial charge < -0.3 is 15.5 Å². The first-order valence-corrected chi connectivity index (χ1v) is 7.44. The van der Waals surface area contributed by atoms with Crippen molar-refractivity contribution in [1.29, 1.82) is 0 Å². The number of fused-ring (bicyclic) bond motifs is 1. The molecule has 0 bridgehead atoms. The Balaban J connectivity index is 1.79. The molecule has 0 aromatic heterocycles. The standard InChI is InChI=1S/C17H16ClNO3/c18-13-8-4-3-7-12(13)16(21)17(22)19-15-11-6-2-1-5-10(11)9-14(15)20/h1-8,14-16,20-21H,9H2,(H,19,22)/t14?,15?,16-/m1/s1. The number of carbonyl (C=O) groups excluding carboxylic acids is 1. The van der Waals surface area contributed by atoms with Crippen LogP contribution in [0.1, 0.15) is 28.8 Å². The van der Waals surface area contributed by atoms with E-state index in [0.29, 0.717) is 17.0 Å². The Bertz CT molecular complexity index is 704. The van der Waals surface area contributed by atoms with Gasteiger partial charge in [-0.05, 0) is 17.2 Å². The molecule has 0 fully saturated rings. The van der Waals surface area contributed by atoms with Crippen LogP contribution < -0.4 is 5.32 Å². The molecule has 0 heterocycles. The first-order valence-electron chi connectivity index (χ1n) is 7.06. The van der Waals surface area contributed by atoms with Crippen molar-refractivity contribution in [3.05, 3.63) is 70.2 Å². The summed E-state index contributed by atoms with van der Waals surface area (Å²) >= 11 is 6.00. The summed E-state index contributed by atoms with van der Waals surface area (Å²) in [6, 6.07) is 13.7. The Kier molecular flexibility index (Phi) is 4.16. The van der Waals surface area contributed by atoms with Crippen molar-refractivity contribution in [2.24, 2.45) is 0 Å². The molecular weight excluding hydrogens is 302 g/mol. The topological polar surface area (TPSA) is 69.6 Å².